The number of nitrogens with zero attached hydrogens (tertiary/aromatic N) is 1. The molecular formula is C10H22N2O2S. The Kier molecular flexibility index (Phi) is 4.55. The summed E-state index contributed by atoms with van der Waals surface area (Å²) in [6, 6.07) is 0.448. The van der Waals surface area contributed by atoms with Gasteiger partial charge in [-0.1, -0.05) is 6.92 Å². The minimum atomic E-state index is -3.03. The Morgan fingerprint density at radius 2 is 1.73 bits per heavy atom. The third-order valence-electron chi connectivity index (χ3n) is 3.18. The molecule has 4 nitrogen and oxygen atoms in total. The SMILES string of the molecule is CCN(C1CCC(N)CC1)S(=O)(=O)CC. The van der Waals surface area contributed by atoms with Crippen LogP contribution in [-0.2, 0) is 10.0 Å². The maximum absolute atomic E-state index is 11.8. The summed E-state index contributed by atoms with van der Waals surface area (Å²) in [5, 5.41) is 0. The normalized spacial score (nSPS) is 28.3. The molecule has 0 bridgehead atoms. The average Bonchev–Trinajstić information content (AvgIpc) is 2.22. The summed E-state index contributed by atoms with van der Waals surface area (Å²) in [7, 11) is -3.03. The Morgan fingerprint density at radius 3 is 2.13 bits per heavy atom. The van der Waals surface area contributed by atoms with E-state index in [1.165, 1.54) is 0 Å². The van der Waals surface area contributed by atoms with Gasteiger partial charge in [-0.25, -0.2) is 8.42 Å². The van der Waals surface area contributed by atoms with Gasteiger partial charge in [0.15, 0.2) is 0 Å². The Morgan fingerprint density at radius 1 is 1.20 bits per heavy atom. The van der Waals surface area contributed by atoms with Crippen molar-refractivity contribution in [2.75, 3.05) is 12.3 Å². The molecule has 0 spiro atoms. The van der Waals surface area contributed by atoms with Gasteiger partial charge in [-0.15, -0.1) is 0 Å². The summed E-state index contributed by atoms with van der Waals surface area (Å²) in [5.74, 6) is 0.198. The topological polar surface area (TPSA) is 63.4 Å². The van der Waals surface area contributed by atoms with Gasteiger partial charge in [-0.2, -0.15) is 4.31 Å². The van der Waals surface area contributed by atoms with Crippen LogP contribution in [0.15, 0.2) is 0 Å². The number of hydrogen-bond acceptors (Lipinski definition) is 3. The van der Waals surface area contributed by atoms with Crippen LogP contribution in [0, 0.1) is 0 Å². The van der Waals surface area contributed by atoms with E-state index in [9.17, 15) is 8.42 Å². The van der Waals surface area contributed by atoms with Crippen LogP contribution >= 0.6 is 0 Å². The van der Waals surface area contributed by atoms with Gasteiger partial charge in [-0.05, 0) is 32.6 Å². The van der Waals surface area contributed by atoms with Crippen molar-refractivity contribution in [3.63, 3.8) is 0 Å². The molecule has 90 valence electrons. The summed E-state index contributed by atoms with van der Waals surface area (Å²) < 4.78 is 25.3. The third-order valence-corrected chi connectivity index (χ3v) is 5.18. The smallest absolute Gasteiger partial charge is 0.214 e. The zero-order valence-electron chi connectivity index (χ0n) is 9.65. The van der Waals surface area contributed by atoms with Crippen molar-refractivity contribution < 1.29 is 8.42 Å². The highest BCUT2D eigenvalue weighted by Gasteiger charge is 2.29. The summed E-state index contributed by atoms with van der Waals surface area (Å²) in [6.45, 7) is 4.18. The first-order valence-electron chi connectivity index (χ1n) is 5.76. The van der Waals surface area contributed by atoms with Gasteiger partial charge in [0.2, 0.25) is 10.0 Å². The second kappa shape index (κ2) is 5.27. The van der Waals surface area contributed by atoms with Crippen molar-refractivity contribution in [2.45, 2.75) is 51.6 Å². The minimum Gasteiger partial charge on any atom is -0.328 e. The fraction of sp³-hybridized carbons (Fsp3) is 1.00. The van der Waals surface area contributed by atoms with E-state index < -0.39 is 10.0 Å². The van der Waals surface area contributed by atoms with E-state index >= 15 is 0 Å². The number of sulfonamides is 1. The molecule has 0 radical (unpaired) electrons. The lowest BCUT2D eigenvalue weighted by Gasteiger charge is -2.34. The molecule has 0 unspecified atom stereocenters. The van der Waals surface area contributed by atoms with Gasteiger partial charge in [0.1, 0.15) is 0 Å². The maximum Gasteiger partial charge on any atom is 0.214 e. The Labute approximate surface area is 92.9 Å². The van der Waals surface area contributed by atoms with E-state index in [4.69, 9.17) is 5.73 Å². The van der Waals surface area contributed by atoms with Crippen molar-refractivity contribution in [1.29, 1.82) is 0 Å². The average molecular weight is 234 g/mol. The maximum atomic E-state index is 11.8. The highest BCUT2D eigenvalue weighted by Crippen LogP contribution is 2.24. The summed E-state index contributed by atoms with van der Waals surface area (Å²) >= 11 is 0. The van der Waals surface area contributed by atoms with Gasteiger partial charge in [-0.3, -0.25) is 0 Å². The number of nitrogens with two attached hydrogens (primary N) is 1. The lowest BCUT2D eigenvalue weighted by Crippen LogP contribution is -2.44. The van der Waals surface area contributed by atoms with Crippen LogP contribution in [0.1, 0.15) is 39.5 Å². The van der Waals surface area contributed by atoms with Gasteiger partial charge < -0.3 is 5.73 Å². The van der Waals surface area contributed by atoms with Gasteiger partial charge in [0.05, 0.1) is 5.75 Å². The molecule has 0 aliphatic heterocycles. The van der Waals surface area contributed by atoms with E-state index in [1.807, 2.05) is 6.92 Å². The molecule has 1 aliphatic carbocycles. The fourth-order valence-electron chi connectivity index (χ4n) is 2.24. The first kappa shape index (κ1) is 12.9. The van der Waals surface area contributed by atoms with Crippen LogP contribution in [0.5, 0.6) is 0 Å². The van der Waals surface area contributed by atoms with Crippen molar-refractivity contribution in [3.05, 3.63) is 0 Å². The van der Waals surface area contributed by atoms with Gasteiger partial charge in [0, 0.05) is 18.6 Å². The molecule has 0 aromatic carbocycles. The second-order valence-corrected chi connectivity index (χ2v) is 6.38. The largest absolute Gasteiger partial charge is 0.328 e. The first-order valence-corrected chi connectivity index (χ1v) is 7.37. The van der Waals surface area contributed by atoms with E-state index in [0.717, 1.165) is 25.7 Å². The molecular weight excluding hydrogens is 212 g/mol. The molecule has 0 aromatic rings. The quantitative estimate of drug-likeness (QED) is 0.787. The first-order chi connectivity index (χ1) is 7.01. The van der Waals surface area contributed by atoms with Crippen LogP contribution < -0.4 is 5.73 Å². The molecule has 5 heteroatoms. The summed E-state index contributed by atoms with van der Waals surface area (Å²) in [5.41, 5.74) is 5.81. The zero-order chi connectivity index (χ0) is 11.5. The van der Waals surface area contributed by atoms with Crippen LogP contribution in [0.4, 0.5) is 0 Å². The summed E-state index contributed by atoms with van der Waals surface area (Å²) in [6.07, 6.45) is 3.71. The molecule has 0 amide bonds. The second-order valence-electron chi connectivity index (χ2n) is 4.17. The molecule has 1 saturated carbocycles. The monoisotopic (exact) mass is 234 g/mol. The lowest BCUT2D eigenvalue weighted by molar-refractivity contribution is 0.247. The predicted octanol–water partition coefficient (Wildman–Crippen LogP) is 0.928. The Hall–Kier alpha value is -0.130. The molecule has 0 heterocycles. The molecule has 15 heavy (non-hydrogen) atoms. The van der Waals surface area contributed by atoms with Crippen molar-refractivity contribution in [1.82, 2.24) is 4.31 Å². The number of rotatable bonds is 4. The molecule has 1 fully saturated rings. The molecule has 0 atom stereocenters. The fourth-order valence-corrected chi connectivity index (χ4v) is 3.63. The third kappa shape index (κ3) is 3.16. The molecule has 2 N–H and O–H groups in total. The zero-order valence-corrected chi connectivity index (χ0v) is 10.5. The highest BCUT2D eigenvalue weighted by molar-refractivity contribution is 7.89. The lowest BCUT2D eigenvalue weighted by atomic mass is 9.92. The minimum absolute atomic E-state index is 0.180. The summed E-state index contributed by atoms with van der Waals surface area (Å²) in [4.78, 5) is 0. The van der Waals surface area contributed by atoms with Crippen molar-refractivity contribution in [2.24, 2.45) is 5.73 Å². The van der Waals surface area contributed by atoms with Crippen LogP contribution in [0.25, 0.3) is 0 Å². The van der Waals surface area contributed by atoms with Crippen LogP contribution in [0.3, 0.4) is 0 Å². The molecule has 1 rings (SSSR count). The van der Waals surface area contributed by atoms with Crippen LogP contribution in [0.2, 0.25) is 0 Å². The van der Waals surface area contributed by atoms with E-state index in [0.29, 0.717) is 6.54 Å². The molecule has 0 saturated heterocycles. The van der Waals surface area contributed by atoms with E-state index in [1.54, 1.807) is 11.2 Å². The highest BCUT2D eigenvalue weighted by atomic mass is 32.2. The van der Waals surface area contributed by atoms with Gasteiger partial charge in [0.25, 0.3) is 0 Å². The van der Waals surface area contributed by atoms with E-state index in [-0.39, 0.29) is 17.8 Å². The standard InChI is InChI=1S/C10H22N2O2S/c1-3-12(15(13,14)4-2)10-7-5-9(11)6-8-10/h9-10H,3-8,11H2,1-2H3. The predicted molar refractivity (Wildman–Crippen MR) is 62.1 cm³/mol. The van der Waals surface area contributed by atoms with Crippen molar-refractivity contribution >= 4 is 10.0 Å². The van der Waals surface area contributed by atoms with Crippen molar-refractivity contribution in [3.8, 4) is 0 Å². The van der Waals surface area contributed by atoms with E-state index in [2.05, 4.69) is 0 Å². The van der Waals surface area contributed by atoms with Crippen LogP contribution in [-0.4, -0.2) is 37.1 Å². The Bertz CT molecular complexity index is 282. The molecule has 1 aliphatic rings. The Balaban J connectivity index is 2.68. The van der Waals surface area contributed by atoms with Gasteiger partial charge >= 0.3 is 0 Å². The number of hydrogen-bond donors (Lipinski definition) is 1. The molecule has 0 aromatic heterocycles.